The number of sulfonamides is 1. The summed E-state index contributed by atoms with van der Waals surface area (Å²) in [4.78, 5) is 0.197. The van der Waals surface area contributed by atoms with Crippen molar-refractivity contribution in [3.63, 3.8) is 0 Å². The number of rotatable bonds is 5. The van der Waals surface area contributed by atoms with E-state index in [0.717, 1.165) is 0 Å². The SMILES string of the molecule is COc1ccc(S(=O)(=O)N2CCC(CO)CC2)cc1OC. The van der Waals surface area contributed by atoms with Crippen LogP contribution in [0.3, 0.4) is 0 Å². The lowest BCUT2D eigenvalue weighted by atomic mass is 10.00. The fraction of sp³-hybridized carbons (Fsp3) is 0.571. The van der Waals surface area contributed by atoms with Gasteiger partial charge in [-0.25, -0.2) is 8.42 Å². The van der Waals surface area contributed by atoms with Crippen molar-refractivity contribution >= 4 is 10.0 Å². The van der Waals surface area contributed by atoms with Gasteiger partial charge in [0.15, 0.2) is 11.5 Å². The molecular formula is C14H21NO5S. The molecule has 6 nitrogen and oxygen atoms in total. The second-order valence-corrected chi connectivity index (χ2v) is 6.98. The number of piperidine rings is 1. The molecule has 0 aromatic heterocycles. The van der Waals surface area contributed by atoms with Crippen LogP contribution < -0.4 is 9.47 Å². The Bertz CT molecular complexity index is 579. The predicted octanol–water partition coefficient (Wildman–Crippen LogP) is 1.10. The van der Waals surface area contributed by atoms with Gasteiger partial charge in [0.2, 0.25) is 10.0 Å². The molecule has 1 heterocycles. The average Bonchev–Trinajstić information content (AvgIpc) is 2.54. The van der Waals surface area contributed by atoms with Gasteiger partial charge >= 0.3 is 0 Å². The molecule has 0 aliphatic carbocycles. The minimum atomic E-state index is -3.54. The van der Waals surface area contributed by atoms with E-state index >= 15 is 0 Å². The van der Waals surface area contributed by atoms with Gasteiger partial charge in [0.1, 0.15) is 0 Å². The number of nitrogens with zero attached hydrogens (tertiary/aromatic N) is 1. The molecule has 1 N–H and O–H groups in total. The highest BCUT2D eigenvalue weighted by Gasteiger charge is 2.29. The van der Waals surface area contributed by atoms with Crippen LogP contribution in [0.1, 0.15) is 12.8 Å². The van der Waals surface area contributed by atoms with Crippen LogP contribution in [0.2, 0.25) is 0 Å². The number of ether oxygens (including phenoxy) is 2. The van der Waals surface area contributed by atoms with E-state index in [0.29, 0.717) is 37.4 Å². The van der Waals surface area contributed by atoms with Crippen molar-refractivity contribution in [3.05, 3.63) is 18.2 Å². The summed E-state index contributed by atoms with van der Waals surface area (Å²) < 4.78 is 37.0. The molecule has 1 saturated heterocycles. The van der Waals surface area contributed by atoms with Crippen molar-refractivity contribution in [3.8, 4) is 11.5 Å². The number of methoxy groups -OCH3 is 2. The summed E-state index contributed by atoms with van der Waals surface area (Å²) >= 11 is 0. The molecule has 1 aromatic carbocycles. The van der Waals surface area contributed by atoms with Crippen LogP contribution >= 0.6 is 0 Å². The van der Waals surface area contributed by atoms with Gasteiger partial charge in [-0.05, 0) is 30.9 Å². The second-order valence-electron chi connectivity index (χ2n) is 5.05. The molecule has 0 atom stereocenters. The Labute approximate surface area is 125 Å². The molecule has 1 aliphatic rings. The molecule has 0 bridgehead atoms. The zero-order valence-corrected chi connectivity index (χ0v) is 13.1. The third-order valence-electron chi connectivity index (χ3n) is 3.82. The fourth-order valence-corrected chi connectivity index (χ4v) is 3.94. The first-order valence-electron chi connectivity index (χ1n) is 6.86. The van der Waals surface area contributed by atoms with Gasteiger partial charge in [-0.1, -0.05) is 0 Å². The number of aliphatic hydroxyl groups excluding tert-OH is 1. The van der Waals surface area contributed by atoms with Crippen molar-refractivity contribution in [2.24, 2.45) is 5.92 Å². The van der Waals surface area contributed by atoms with E-state index in [2.05, 4.69) is 0 Å². The lowest BCUT2D eigenvalue weighted by Gasteiger charge is -2.30. The van der Waals surface area contributed by atoms with Gasteiger partial charge in [0, 0.05) is 25.8 Å². The van der Waals surface area contributed by atoms with E-state index in [4.69, 9.17) is 14.6 Å². The first-order chi connectivity index (χ1) is 10.0. The Hall–Kier alpha value is -1.31. The summed E-state index contributed by atoms with van der Waals surface area (Å²) in [6.07, 6.45) is 1.37. The zero-order chi connectivity index (χ0) is 15.5. The molecule has 1 aliphatic heterocycles. The molecule has 0 radical (unpaired) electrons. The van der Waals surface area contributed by atoms with E-state index in [1.807, 2.05) is 0 Å². The maximum Gasteiger partial charge on any atom is 0.243 e. The molecule has 0 unspecified atom stereocenters. The molecule has 7 heteroatoms. The first kappa shape index (κ1) is 16.1. The van der Waals surface area contributed by atoms with Crippen LogP contribution in [-0.2, 0) is 10.0 Å². The number of hydrogen-bond acceptors (Lipinski definition) is 5. The number of hydrogen-bond donors (Lipinski definition) is 1. The van der Waals surface area contributed by atoms with Crippen molar-refractivity contribution in [1.29, 1.82) is 0 Å². The van der Waals surface area contributed by atoms with E-state index in [-0.39, 0.29) is 17.4 Å². The molecule has 21 heavy (non-hydrogen) atoms. The van der Waals surface area contributed by atoms with Gasteiger partial charge < -0.3 is 14.6 Å². The number of benzene rings is 1. The Kier molecular flexibility index (Phi) is 5.08. The highest BCUT2D eigenvalue weighted by atomic mass is 32.2. The molecule has 2 rings (SSSR count). The van der Waals surface area contributed by atoms with Crippen LogP contribution in [0.5, 0.6) is 11.5 Å². The van der Waals surface area contributed by atoms with Gasteiger partial charge in [-0.3, -0.25) is 0 Å². The lowest BCUT2D eigenvalue weighted by Crippen LogP contribution is -2.39. The summed E-state index contributed by atoms with van der Waals surface area (Å²) in [6.45, 7) is 0.980. The summed E-state index contributed by atoms with van der Waals surface area (Å²) in [6, 6.07) is 4.59. The summed E-state index contributed by atoms with van der Waals surface area (Å²) in [7, 11) is -0.556. The van der Waals surface area contributed by atoms with Crippen LogP contribution in [0.25, 0.3) is 0 Å². The van der Waals surface area contributed by atoms with Crippen molar-refractivity contribution in [2.45, 2.75) is 17.7 Å². The normalized spacial score (nSPS) is 17.7. The third kappa shape index (κ3) is 3.30. The molecule has 0 spiro atoms. The lowest BCUT2D eigenvalue weighted by molar-refractivity contribution is 0.170. The maximum absolute atomic E-state index is 12.6. The van der Waals surface area contributed by atoms with Gasteiger partial charge in [-0.2, -0.15) is 4.31 Å². The topological polar surface area (TPSA) is 76.1 Å². The Morgan fingerprint density at radius 1 is 1.19 bits per heavy atom. The van der Waals surface area contributed by atoms with Gasteiger partial charge in [0.25, 0.3) is 0 Å². The van der Waals surface area contributed by atoms with E-state index < -0.39 is 10.0 Å². The smallest absolute Gasteiger partial charge is 0.243 e. The fourth-order valence-electron chi connectivity index (χ4n) is 2.46. The molecule has 0 saturated carbocycles. The maximum atomic E-state index is 12.6. The summed E-state index contributed by atoms with van der Waals surface area (Å²) in [5, 5.41) is 9.12. The Balaban J connectivity index is 2.24. The van der Waals surface area contributed by atoms with Crippen LogP contribution in [0, 0.1) is 5.92 Å². The predicted molar refractivity (Wildman–Crippen MR) is 78.1 cm³/mol. The van der Waals surface area contributed by atoms with E-state index in [1.165, 1.54) is 30.7 Å². The highest BCUT2D eigenvalue weighted by molar-refractivity contribution is 7.89. The standard InChI is InChI=1S/C14H21NO5S/c1-19-13-4-3-12(9-14(13)20-2)21(17,18)15-7-5-11(10-16)6-8-15/h3-4,9,11,16H,5-8,10H2,1-2H3. The monoisotopic (exact) mass is 315 g/mol. The molecular weight excluding hydrogens is 294 g/mol. The minimum Gasteiger partial charge on any atom is -0.493 e. The minimum absolute atomic E-state index is 0.115. The average molecular weight is 315 g/mol. The first-order valence-corrected chi connectivity index (χ1v) is 8.30. The number of aliphatic hydroxyl groups is 1. The zero-order valence-electron chi connectivity index (χ0n) is 12.3. The summed E-state index contributed by atoms with van der Waals surface area (Å²) in [5.74, 6) is 1.08. The van der Waals surface area contributed by atoms with Crippen LogP contribution in [0.15, 0.2) is 23.1 Å². The Morgan fingerprint density at radius 2 is 1.81 bits per heavy atom. The quantitative estimate of drug-likeness (QED) is 0.880. The van der Waals surface area contributed by atoms with Crippen molar-refractivity contribution in [1.82, 2.24) is 4.31 Å². The molecule has 1 fully saturated rings. The highest BCUT2D eigenvalue weighted by Crippen LogP contribution is 2.31. The molecule has 1 aromatic rings. The summed E-state index contributed by atoms with van der Waals surface area (Å²) in [5.41, 5.74) is 0. The van der Waals surface area contributed by atoms with Crippen molar-refractivity contribution < 1.29 is 23.0 Å². The third-order valence-corrected chi connectivity index (χ3v) is 5.72. The Morgan fingerprint density at radius 3 is 2.33 bits per heavy atom. The van der Waals surface area contributed by atoms with E-state index in [9.17, 15) is 8.42 Å². The van der Waals surface area contributed by atoms with Gasteiger partial charge in [-0.15, -0.1) is 0 Å². The van der Waals surface area contributed by atoms with Crippen LogP contribution in [-0.4, -0.2) is 51.7 Å². The van der Waals surface area contributed by atoms with Crippen LogP contribution in [0.4, 0.5) is 0 Å². The largest absolute Gasteiger partial charge is 0.493 e. The molecule has 0 amide bonds. The van der Waals surface area contributed by atoms with Crippen molar-refractivity contribution in [2.75, 3.05) is 33.9 Å². The second kappa shape index (κ2) is 6.64. The molecule has 118 valence electrons. The van der Waals surface area contributed by atoms with Gasteiger partial charge in [0.05, 0.1) is 19.1 Å². The van der Waals surface area contributed by atoms with E-state index in [1.54, 1.807) is 6.07 Å².